The average Bonchev–Trinajstić information content (AvgIpc) is 3.43. The maximum atomic E-state index is 10.3. The Labute approximate surface area is 539 Å². The van der Waals surface area contributed by atoms with Crippen LogP contribution in [0, 0.1) is 0 Å². The molecule has 0 spiro atoms. The Morgan fingerprint density at radius 3 is 0.427 bits per heavy atom. The van der Waals surface area contributed by atoms with E-state index in [0.717, 1.165) is 51.4 Å². The molecule has 8 nitrogen and oxygen atoms in total. The fraction of sp³-hybridized carbons (Fsp3) is 0.833. The van der Waals surface area contributed by atoms with Crippen LogP contribution in [0.2, 0.25) is 0 Å². The fourth-order valence-corrected chi connectivity index (χ4v) is 9.39. The number of hydrogen-bond acceptors (Lipinski definition) is 4. The zero-order chi connectivity index (χ0) is 59.6. The molecule has 0 amide bonds. The van der Waals surface area contributed by atoms with Crippen LogP contribution in [-0.2, 0) is 62.6 Å². The van der Waals surface area contributed by atoms with Gasteiger partial charge < -0.3 is 20.4 Å². The van der Waals surface area contributed by atoms with E-state index in [2.05, 4.69) is 76.3 Å². The number of aliphatic carboxylic acids is 4. The molecule has 10 heteroatoms. The van der Waals surface area contributed by atoms with Crippen molar-refractivity contribution in [3.63, 3.8) is 0 Å². The second kappa shape index (κ2) is 88.0. The molecule has 0 fully saturated rings. The van der Waals surface area contributed by atoms with Gasteiger partial charge in [-0.05, 0) is 128 Å². The van der Waals surface area contributed by atoms with E-state index in [1.807, 2.05) is 0 Å². The van der Waals surface area contributed by atoms with E-state index in [0.29, 0.717) is 25.7 Å². The van der Waals surface area contributed by atoms with Crippen molar-refractivity contribution in [3.05, 3.63) is 48.6 Å². The molecule has 4 N–H and O–H groups in total. The normalized spacial score (nSPS) is 11.0. The van der Waals surface area contributed by atoms with Crippen LogP contribution in [0.5, 0.6) is 0 Å². The van der Waals surface area contributed by atoms with Crippen molar-refractivity contribution < 1.29 is 83.0 Å². The van der Waals surface area contributed by atoms with E-state index >= 15 is 0 Å². The summed E-state index contributed by atoms with van der Waals surface area (Å²) in [5.74, 6) is -2.66. The first-order valence-corrected chi connectivity index (χ1v) is 34.6. The van der Waals surface area contributed by atoms with Crippen molar-refractivity contribution in [3.8, 4) is 0 Å². The van der Waals surface area contributed by atoms with E-state index in [-0.39, 0.29) is 43.4 Å². The molecule has 0 unspecified atom stereocenters. The summed E-state index contributed by atoms with van der Waals surface area (Å²) in [6.07, 6.45) is 85.0. The minimum Gasteiger partial charge on any atom is -0.481 e. The SMILES string of the molecule is CCCCCCCC/C=C\CCCCCCCC(=O)O.CCCCCCCC/C=C\CCCCCCCC(=O)O.CCCCCCCC/C=C\CCCCCCCC(=O)O.CCCCCCCC/C=C\CCCCCCCC(=O)O.[Ti].[Ti]. The Bertz CT molecular complexity index is 1150. The molecule has 0 saturated carbocycles. The van der Waals surface area contributed by atoms with Crippen molar-refractivity contribution in [2.45, 2.75) is 387 Å². The van der Waals surface area contributed by atoms with Crippen LogP contribution < -0.4 is 0 Å². The first-order valence-electron chi connectivity index (χ1n) is 34.6. The molecule has 0 heterocycles. The van der Waals surface area contributed by atoms with Crippen molar-refractivity contribution in [2.24, 2.45) is 0 Å². The van der Waals surface area contributed by atoms with Gasteiger partial charge in [0.15, 0.2) is 0 Å². The van der Waals surface area contributed by atoms with Gasteiger partial charge in [0.25, 0.3) is 0 Å². The Kier molecular flexibility index (Phi) is 98.2. The quantitative estimate of drug-likeness (QED) is 0.0267. The maximum absolute atomic E-state index is 10.3. The standard InChI is InChI=1S/4C18H34O2.2Ti/c4*1-2-3-4-5-6-7-8-9-10-11-12-13-14-15-16-17-18(19)20;;/h4*9-10H,2-8,11-17H2,1H3,(H,19,20);;/b4*10-9-;;. The molecule has 82 heavy (non-hydrogen) atoms. The average molecular weight is 1230 g/mol. The summed E-state index contributed by atoms with van der Waals surface area (Å²) in [4.78, 5) is 41.3. The topological polar surface area (TPSA) is 149 Å². The molecular formula is C72H136O8Ti2. The summed E-state index contributed by atoms with van der Waals surface area (Å²) in [7, 11) is 0. The molecule has 0 atom stereocenters. The van der Waals surface area contributed by atoms with Gasteiger partial charge in [0.1, 0.15) is 0 Å². The van der Waals surface area contributed by atoms with Gasteiger partial charge in [-0.3, -0.25) is 19.2 Å². The van der Waals surface area contributed by atoms with Gasteiger partial charge in [0, 0.05) is 69.1 Å². The molecule has 0 bridgehead atoms. The second-order valence-electron chi connectivity index (χ2n) is 22.9. The van der Waals surface area contributed by atoms with Crippen LogP contribution in [-0.4, -0.2) is 44.3 Å². The summed E-state index contributed by atoms with van der Waals surface area (Å²) in [5.41, 5.74) is 0. The molecule has 0 rings (SSSR count). The van der Waals surface area contributed by atoms with E-state index in [1.54, 1.807) is 0 Å². The molecule has 0 aromatic heterocycles. The molecule has 0 aliphatic rings. The molecule has 0 aromatic rings. The van der Waals surface area contributed by atoms with Crippen LogP contribution in [0.4, 0.5) is 0 Å². The fourth-order valence-electron chi connectivity index (χ4n) is 9.39. The summed E-state index contributed by atoms with van der Waals surface area (Å²) in [5, 5.41) is 34.0. The van der Waals surface area contributed by atoms with Crippen molar-refractivity contribution in [2.75, 3.05) is 0 Å². The van der Waals surface area contributed by atoms with Crippen LogP contribution in [0.3, 0.4) is 0 Å². The minimum atomic E-state index is -0.664. The number of carbonyl (C=O) groups is 4. The maximum Gasteiger partial charge on any atom is 0.303 e. The van der Waals surface area contributed by atoms with E-state index in [4.69, 9.17) is 20.4 Å². The number of carboxylic acid groups (broad SMARTS) is 4. The van der Waals surface area contributed by atoms with Gasteiger partial charge in [-0.15, -0.1) is 0 Å². The number of unbranched alkanes of at least 4 members (excludes halogenated alkanes) is 44. The number of hydrogen-bond donors (Lipinski definition) is 4. The second-order valence-corrected chi connectivity index (χ2v) is 22.9. The Morgan fingerprint density at radius 1 is 0.195 bits per heavy atom. The third-order valence-electron chi connectivity index (χ3n) is 14.6. The number of allylic oxidation sites excluding steroid dienone is 8. The van der Waals surface area contributed by atoms with E-state index in [1.165, 1.54) is 283 Å². The Balaban J connectivity index is -0.000000233. The first kappa shape index (κ1) is 91.4. The minimum absolute atomic E-state index is 0. The zero-order valence-electron chi connectivity index (χ0n) is 54.6. The summed E-state index contributed by atoms with van der Waals surface area (Å²) < 4.78 is 0. The number of carboxylic acids is 4. The van der Waals surface area contributed by atoms with E-state index < -0.39 is 23.9 Å². The third-order valence-corrected chi connectivity index (χ3v) is 14.6. The monoisotopic (exact) mass is 1220 g/mol. The molecule has 0 aliphatic heterocycles. The summed E-state index contributed by atoms with van der Waals surface area (Å²) in [6, 6.07) is 0. The first-order chi connectivity index (χ1) is 39.1. The molecule has 0 radical (unpaired) electrons. The van der Waals surface area contributed by atoms with Gasteiger partial charge >= 0.3 is 23.9 Å². The Hall–Kier alpha value is -1.73. The van der Waals surface area contributed by atoms with Gasteiger partial charge in [0.2, 0.25) is 0 Å². The van der Waals surface area contributed by atoms with Crippen molar-refractivity contribution >= 4 is 23.9 Å². The molecule has 0 aliphatic carbocycles. The smallest absolute Gasteiger partial charge is 0.303 e. The third kappa shape index (κ3) is 106. The van der Waals surface area contributed by atoms with Crippen LogP contribution >= 0.6 is 0 Å². The molecule has 0 aromatic carbocycles. The summed E-state index contributed by atoms with van der Waals surface area (Å²) >= 11 is 0. The molecule has 0 saturated heterocycles. The largest absolute Gasteiger partial charge is 0.481 e. The number of rotatable bonds is 60. The summed E-state index contributed by atoms with van der Waals surface area (Å²) in [6.45, 7) is 9.04. The van der Waals surface area contributed by atoms with E-state index in [9.17, 15) is 19.2 Å². The van der Waals surface area contributed by atoms with Crippen LogP contribution in [0.25, 0.3) is 0 Å². The van der Waals surface area contributed by atoms with Crippen molar-refractivity contribution in [1.29, 1.82) is 0 Å². The van der Waals surface area contributed by atoms with Gasteiger partial charge in [0.05, 0.1) is 0 Å². The van der Waals surface area contributed by atoms with Crippen LogP contribution in [0.1, 0.15) is 387 Å². The molecular weight excluding hydrogens is 1090 g/mol. The zero-order valence-corrected chi connectivity index (χ0v) is 57.8. The van der Waals surface area contributed by atoms with Gasteiger partial charge in [-0.1, -0.05) is 282 Å². The predicted molar refractivity (Wildman–Crippen MR) is 348 cm³/mol. The van der Waals surface area contributed by atoms with Crippen LogP contribution in [0.15, 0.2) is 48.6 Å². The molecule has 480 valence electrons. The van der Waals surface area contributed by atoms with Crippen molar-refractivity contribution in [1.82, 2.24) is 0 Å². The van der Waals surface area contributed by atoms with Gasteiger partial charge in [-0.2, -0.15) is 0 Å². The van der Waals surface area contributed by atoms with Gasteiger partial charge in [-0.25, -0.2) is 0 Å². The predicted octanol–water partition coefficient (Wildman–Crippen LogP) is 24.4. The Morgan fingerprint density at radius 2 is 0.305 bits per heavy atom.